The molecule has 4 aliphatic heterocycles. The summed E-state index contributed by atoms with van der Waals surface area (Å²) in [5.41, 5.74) is 5.04. The molecule has 0 N–H and O–H groups in total. The SMILES string of the molecule is c1ccc(C(OC(c2ccccc2CC2CO2)C2CO2)C2CO2)c(CC2CO2)c1. The van der Waals surface area contributed by atoms with E-state index in [0.29, 0.717) is 12.2 Å². The Kier molecular flexibility index (Phi) is 4.66. The topological polar surface area (TPSA) is 59.4 Å². The molecule has 0 aliphatic carbocycles. The normalized spacial score (nSPS) is 31.2. The lowest BCUT2D eigenvalue weighted by atomic mass is 9.94. The summed E-state index contributed by atoms with van der Waals surface area (Å²) in [6.07, 6.45) is 2.59. The van der Waals surface area contributed by atoms with Crippen LogP contribution in [0.2, 0.25) is 0 Å². The van der Waals surface area contributed by atoms with Crippen LogP contribution < -0.4 is 0 Å². The molecule has 6 atom stereocenters. The summed E-state index contributed by atoms with van der Waals surface area (Å²) in [6, 6.07) is 17.1. The predicted octanol–water partition coefficient (Wildman–Crippen LogP) is 3.17. The van der Waals surface area contributed by atoms with Gasteiger partial charge in [-0.05, 0) is 22.3 Å². The van der Waals surface area contributed by atoms with Gasteiger partial charge < -0.3 is 23.7 Å². The highest BCUT2D eigenvalue weighted by Gasteiger charge is 2.43. The third-order valence-electron chi connectivity index (χ3n) is 6.11. The van der Waals surface area contributed by atoms with Crippen molar-refractivity contribution >= 4 is 0 Å². The molecule has 4 heterocycles. The zero-order valence-corrected chi connectivity index (χ0v) is 16.4. The van der Waals surface area contributed by atoms with E-state index in [1.807, 2.05) is 0 Å². The van der Waals surface area contributed by atoms with Crippen LogP contribution in [-0.4, -0.2) is 50.8 Å². The van der Waals surface area contributed by atoms with Crippen LogP contribution in [0.25, 0.3) is 0 Å². The first-order chi connectivity index (χ1) is 14.3. The lowest BCUT2D eigenvalue weighted by Crippen LogP contribution is -2.21. The Morgan fingerprint density at radius 3 is 1.45 bits per heavy atom. The van der Waals surface area contributed by atoms with E-state index in [9.17, 15) is 0 Å². The number of rotatable bonds is 10. The van der Waals surface area contributed by atoms with Gasteiger partial charge in [0.1, 0.15) is 24.4 Å². The van der Waals surface area contributed by atoms with Crippen LogP contribution in [0, 0.1) is 0 Å². The molecule has 4 aliphatic rings. The first-order valence-corrected chi connectivity index (χ1v) is 10.6. The van der Waals surface area contributed by atoms with Crippen LogP contribution >= 0.6 is 0 Å². The minimum Gasteiger partial charge on any atom is -0.373 e. The van der Waals surface area contributed by atoms with Gasteiger partial charge in [0, 0.05) is 12.8 Å². The predicted molar refractivity (Wildman–Crippen MR) is 106 cm³/mol. The summed E-state index contributed by atoms with van der Waals surface area (Å²) in [5, 5.41) is 0. The van der Waals surface area contributed by atoms with Gasteiger partial charge >= 0.3 is 0 Å². The van der Waals surface area contributed by atoms with Gasteiger partial charge in [-0.25, -0.2) is 0 Å². The highest BCUT2D eigenvalue weighted by Crippen LogP contribution is 2.42. The van der Waals surface area contributed by atoms with Crippen LogP contribution in [0.4, 0.5) is 0 Å². The third-order valence-corrected chi connectivity index (χ3v) is 6.11. The minimum absolute atomic E-state index is 0.0932. The molecule has 5 nitrogen and oxygen atoms in total. The molecule has 152 valence electrons. The van der Waals surface area contributed by atoms with Gasteiger partial charge in [-0.1, -0.05) is 48.5 Å². The van der Waals surface area contributed by atoms with E-state index >= 15 is 0 Å². The largest absolute Gasteiger partial charge is 0.373 e. The Morgan fingerprint density at radius 2 is 1.07 bits per heavy atom. The van der Waals surface area contributed by atoms with Crippen molar-refractivity contribution < 1.29 is 23.7 Å². The second-order valence-corrected chi connectivity index (χ2v) is 8.44. The van der Waals surface area contributed by atoms with E-state index in [1.54, 1.807) is 0 Å². The van der Waals surface area contributed by atoms with Crippen LogP contribution in [0.1, 0.15) is 34.5 Å². The summed E-state index contributed by atoms with van der Waals surface area (Å²) in [4.78, 5) is 0. The highest BCUT2D eigenvalue weighted by atomic mass is 16.6. The maximum absolute atomic E-state index is 6.82. The highest BCUT2D eigenvalue weighted by molar-refractivity contribution is 5.34. The quantitative estimate of drug-likeness (QED) is 0.580. The molecule has 0 aromatic heterocycles. The van der Waals surface area contributed by atoms with Crippen molar-refractivity contribution in [2.75, 3.05) is 26.4 Å². The fourth-order valence-corrected chi connectivity index (χ4v) is 4.20. The molecule has 0 bridgehead atoms. The average molecular weight is 394 g/mol. The number of benzene rings is 2. The van der Waals surface area contributed by atoms with Crippen molar-refractivity contribution in [3.05, 3.63) is 70.8 Å². The van der Waals surface area contributed by atoms with Gasteiger partial charge in [-0.15, -0.1) is 0 Å². The first-order valence-electron chi connectivity index (χ1n) is 10.6. The number of epoxide rings is 4. The van der Waals surface area contributed by atoms with Crippen molar-refractivity contribution in [3.8, 4) is 0 Å². The van der Waals surface area contributed by atoms with Crippen LogP contribution in [0.5, 0.6) is 0 Å². The van der Waals surface area contributed by atoms with Crippen molar-refractivity contribution in [1.82, 2.24) is 0 Å². The number of hydrogen-bond donors (Lipinski definition) is 0. The minimum atomic E-state index is -0.0932. The molecule has 0 spiro atoms. The lowest BCUT2D eigenvalue weighted by Gasteiger charge is -2.26. The van der Waals surface area contributed by atoms with E-state index in [2.05, 4.69) is 48.5 Å². The molecule has 4 fully saturated rings. The molecule has 2 aromatic rings. The maximum atomic E-state index is 6.82. The van der Waals surface area contributed by atoms with Crippen LogP contribution in [0.3, 0.4) is 0 Å². The van der Waals surface area contributed by atoms with Gasteiger partial charge in [0.2, 0.25) is 0 Å². The van der Waals surface area contributed by atoms with Crippen LogP contribution in [-0.2, 0) is 36.5 Å². The summed E-state index contributed by atoms with van der Waals surface area (Å²) in [6.45, 7) is 3.20. The van der Waals surface area contributed by atoms with Crippen molar-refractivity contribution in [1.29, 1.82) is 0 Å². The Balaban J connectivity index is 1.30. The van der Waals surface area contributed by atoms with E-state index < -0.39 is 0 Å². The second-order valence-electron chi connectivity index (χ2n) is 8.44. The molecule has 6 rings (SSSR count). The average Bonchev–Trinajstić information content (AvgIpc) is 3.53. The molecule has 5 heteroatoms. The Morgan fingerprint density at radius 1 is 0.655 bits per heavy atom. The lowest BCUT2D eigenvalue weighted by molar-refractivity contribution is -0.0427. The van der Waals surface area contributed by atoms with Crippen molar-refractivity contribution in [3.63, 3.8) is 0 Å². The maximum Gasteiger partial charge on any atom is 0.112 e. The molecule has 4 saturated heterocycles. The summed E-state index contributed by atoms with van der Waals surface area (Å²) >= 11 is 0. The van der Waals surface area contributed by atoms with E-state index in [4.69, 9.17) is 23.7 Å². The molecule has 29 heavy (non-hydrogen) atoms. The monoisotopic (exact) mass is 394 g/mol. The molecule has 0 amide bonds. The van der Waals surface area contributed by atoms with Gasteiger partial charge in [-0.3, -0.25) is 0 Å². The fraction of sp³-hybridized carbons (Fsp3) is 0.500. The van der Waals surface area contributed by atoms with Crippen molar-refractivity contribution in [2.45, 2.75) is 49.5 Å². The van der Waals surface area contributed by atoms with Gasteiger partial charge in [0.25, 0.3) is 0 Å². The first kappa shape index (κ1) is 18.0. The summed E-state index contributed by atoms with van der Waals surface area (Å²) < 4.78 is 29.2. The number of ether oxygens (including phenoxy) is 5. The Labute approximate surface area is 170 Å². The van der Waals surface area contributed by atoms with Crippen molar-refractivity contribution in [2.24, 2.45) is 0 Å². The zero-order chi connectivity index (χ0) is 19.2. The Bertz CT molecular complexity index is 796. The fourth-order valence-electron chi connectivity index (χ4n) is 4.20. The van der Waals surface area contributed by atoms with Crippen LogP contribution in [0.15, 0.2) is 48.5 Å². The van der Waals surface area contributed by atoms with E-state index in [0.717, 1.165) is 39.3 Å². The Hall–Kier alpha value is -1.76. The second kappa shape index (κ2) is 7.49. The zero-order valence-electron chi connectivity index (χ0n) is 16.4. The van der Waals surface area contributed by atoms with E-state index in [1.165, 1.54) is 22.3 Å². The van der Waals surface area contributed by atoms with Gasteiger partial charge in [-0.2, -0.15) is 0 Å². The van der Waals surface area contributed by atoms with Gasteiger partial charge in [0.15, 0.2) is 0 Å². The standard InChI is InChI=1S/C24H26O5/c1-3-7-19(15(5-1)9-17-11-25-17)23(21-13-27-21)29-24(22-14-28-22)20-8-4-2-6-16(20)10-18-12-26-18/h1-8,17-18,21-24H,9-14H2. The molecule has 0 radical (unpaired) electrons. The molecular formula is C24H26O5. The molecule has 0 saturated carbocycles. The van der Waals surface area contributed by atoms with Gasteiger partial charge in [0.05, 0.1) is 38.6 Å². The number of hydrogen-bond acceptors (Lipinski definition) is 5. The molecular weight excluding hydrogens is 368 g/mol. The smallest absolute Gasteiger partial charge is 0.112 e. The summed E-state index contributed by atoms with van der Waals surface area (Å²) in [7, 11) is 0. The molecule has 6 unspecified atom stereocenters. The molecule has 2 aromatic carbocycles. The third kappa shape index (κ3) is 4.25. The van der Waals surface area contributed by atoms with E-state index in [-0.39, 0.29) is 24.4 Å². The summed E-state index contributed by atoms with van der Waals surface area (Å²) in [5.74, 6) is 0.